The zero-order chi connectivity index (χ0) is 19.1. The standard InChI is InChI=1S/C14H15BrN6O5/c1-26-9-5-7(4-8(15)11(9)23)6-17-19-10(22)2-3-16-12-13(24)18-14(25)21-20-12/h4-6,23H,2-3H2,1H3,(H,16,20)(H,19,22)(H2,18,21,24,25)/b17-6+. The van der Waals surface area contributed by atoms with Gasteiger partial charge in [0.25, 0.3) is 5.56 Å². The van der Waals surface area contributed by atoms with E-state index in [2.05, 4.69) is 42.0 Å². The summed E-state index contributed by atoms with van der Waals surface area (Å²) in [5.41, 5.74) is 1.51. The second-order valence-electron chi connectivity index (χ2n) is 4.88. The zero-order valence-corrected chi connectivity index (χ0v) is 15.1. The van der Waals surface area contributed by atoms with Crippen molar-refractivity contribution in [1.29, 1.82) is 0 Å². The average molecular weight is 427 g/mol. The lowest BCUT2D eigenvalue weighted by molar-refractivity contribution is -0.120. The van der Waals surface area contributed by atoms with Crippen molar-refractivity contribution in [2.45, 2.75) is 6.42 Å². The summed E-state index contributed by atoms with van der Waals surface area (Å²) >= 11 is 3.18. The number of halogens is 1. The Kier molecular flexibility index (Phi) is 6.49. The Morgan fingerprint density at radius 1 is 1.46 bits per heavy atom. The molecule has 0 saturated heterocycles. The van der Waals surface area contributed by atoms with E-state index in [1.165, 1.54) is 13.3 Å². The van der Waals surface area contributed by atoms with E-state index in [0.29, 0.717) is 10.0 Å². The largest absolute Gasteiger partial charge is 0.503 e. The molecule has 0 radical (unpaired) electrons. The minimum Gasteiger partial charge on any atom is -0.503 e. The van der Waals surface area contributed by atoms with Gasteiger partial charge < -0.3 is 15.2 Å². The third-order valence-electron chi connectivity index (χ3n) is 3.03. The van der Waals surface area contributed by atoms with Crippen molar-refractivity contribution in [2.75, 3.05) is 19.0 Å². The van der Waals surface area contributed by atoms with Gasteiger partial charge in [0.2, 0.25) is 11.7 Å². The number of hydrazone groups is 1. The van der Waals surface area contributed by atoms with E-state index in [-0.39, 0.29) is 30.3 Å². The van der Waals surface area contributed by atoms with Gasteiger partial charge in [-0.3, -0.25) is 14.6 Å². The Morgan fingerprint density at radius 3 is 2.92 bits per heavy atom. The number of phenols is 1. The fourth-order valence-corrected chi connectivity index (χ4v) is 2.28. The molecule has 2 rings (SSSR count). The first-order chi connectivity index (χ1) is 12.4. The first kappa shape index (κ1) is 19.2. The van der Waals surface area contributed by atoms with E-state index in [1.54, 1.807) is 12.1 Å². The number of nitrogens with zero attached hydrogens (tertiary/aromatic N) is 2. The number of phenolic OH excluding ortho intramolecular Hbond substituents is 1. The van der Waals surface area contributed by atoms with Crippen LogP contribution in [0.4, 0.5) is 5.82 Å². The Balaban J connectivity index is 1.85. The van der Waals surface area contributed by atoms with Gasteiger partial charge in [0, 0.05) is 13.0 Å². The molecule has 0 unspecified atom stereocenters. The molecule has 0 fully saturated rings. The van der Waals surface area contributed by atoms with E-state index >= 15 is 0 Å². The summed E-state index contributed by atoms with van der Waals surface area (Å²) in [7, 11) is 1.42. The Bertz CT molecular complexity index is 938. The number of hydrogen-bond acceptors (Lipinski definition) is 8. The lowest BCUT2D eigenvalue weighted by Crippen LogP contribution is -2.28. The minimum atomic E-state index is -0.717. The summed E-state index contributed by atoms with van der Waals surface area (Å²) < 4.78 is 5.44. The van der Waals surface area contributed by atoms with Crippen molar-refractivity contribution in [1.82, 2.24) is 20.6 Å². The molecule has 0 aliphatic heterocycles. The highest BCUT2D eigenvalue weighted by atomic mass is 79.9. The van der Waals surface area contributed by atoms with Crippen LogP contribution in [0.5, 0.6) is 11.5 Å². The number of methoxy groups -OCH3 is 1. The number of carbonyl (C=O) groups is 1. The summed E-state index contributed by atoms with van der Waals surface area (Å²) in [5.74, 6) is -0.276. The average Bonchev–Trinajstić information content (AvgIpc) is 2.59. The number of H-pyrrole nitrogens is 2. The fraction of sp³-hybridized carbons (Fsp3) is 0.214. The molecule has 0 spiro atoms. The number of carbonyl (C=O) groups excluding carboxylic acids is 1. The molecule has 138 valence electrons. The molecule has 1 aromatic heterocycles. The molecule has 0 saturated carbocycles. The summed E-state index contributed by atoms with van der Waals surface area (Å²) in [5, 5.41) is 21.7. The molecule has 1 aromatic carbocycles. The Hall–Kier alpha value is -3.15. The molecular weight excluding hydrogens is 412 g/mol. The second-order valence-corrected chi connectivity index (χ2v) is 5.73. The molecule has 26 heavy (non-hydrogen) atoms. The van der Waals surface area contributed by atoms with Crippen molar-refractivity contribution >= 4 is 33.9 Å². The van der Waals surface area contributed by atoms with E-state index in [9.17, 15) is 19.5 Å². The molecule has 5 N–H and O–H groups in total. The maximum absolute atomic E-state index is 11.7. The van der Waals surface area contributed by atoms with Crippen LogP contribution >= 0.6 is 15.9 Å². The number of aromatic nitrogens is 3. The van der Waals surface area contributed by atoms with Crippen LogP contribution in [0.15, 0.2) is 31.3 Å². The van der Waals surface area contributed by atoms with E-state index in [1.807, 2.05) is 4.98 Å². The number of rotatable bonds is 7. The quantitative estimate of drug-likeness (QED) is 0.304. The van der Waals surface area contributed by atoms with E-state index in [4.69, 9.17) is 4.74 Å². The number of amides is 1. The zero-order valence-electron chi connectivity index (χ0n) is 13.5. The molecule has 0 aliphatic rings. The molecule has 1 heterocycles. The fourth-order valence-electron chi connectivity index (χ4n) is 1.82. The van der Waals surface area contributed by atoms with Gasteiger partial charge >= 0.3 is 5.69 Å². The van der Waals surface area contributed by atoms with E-state index < -0.39 is 17.2 Å². The van der Waals surface area contributed by atoms with Crippen LogP contribution in [0.1, 0.15) is 12.0 Å². The number of ether oxygens (including phenoxy) is 1. The number of aromatic hydroxyl groups is 1. The van der Waals surface area contributed by atoms with Gasteiger partial charge in [-0.25, -0.2) is 15.3 Å². The molecule has 2 aromatic rings. The van der Waals surface area contributed by atoms with Crippen molar-refractivity contribution in [2.24, 2.45) is 5.10 Å². The van der Waals surface area contributed by atoms with Crippen LogP contribution in [0.25, 0.3) is 0 Å². The highest BCUT2D eigenvalue weighted by Crippen LogP contribution is 2.34. The van der Waals surface area contributed by atoms with Gasteiger partial charge in [-0.15, -0.1) is 5.10 Å². The number of aromatic amines is 2. The van der Waals surface area contributed by atoms with Gasteiger partial charge in [-0.2, -0.15) is 5.10 Å². The first-order valence-electron chi connectivity index (χ1n) is 7.22. The maximum Gasteiger partial charge on any atom is 0.342 e. The topological polar surface area (TPSA) is 162 Å². The predicted molar refractivity (Wildman–Crippen MR) is 96.7 cm³/mol. The summed E-state index contributed by atoms with van der Waals surface area (Å²) in [4.78, 5) is 35.9. The molecule has 12 heteroatoms. The van der Waals surface area contributed by atoms with Gasteiger partial charge in [-0.05, 0) is 33.6 Å². The van der Waals surface area contributed by atoms with Crippen molar-refractivity contribution < 1.29 is 14.6 Å². The maximum atomic E-state index is 11.7. The van der Waals surface area contributed by atoms with Crippen LogP contribution < -0.4 is 26.7 Å². The van der Waals surface area contributed by atoms with Crippen molar-refractivity contribution in [3.8, 4) is 11.5 Å². The SMILES string of the molecule is COc1cc(/C=N/NC(=O)CCNc2n[nH]c(=O)[nH]c2=O)cc(Br)c1O. The number of hydrogen-bond donors (Lipinski definition) is 5. The first-order valence-corrected chi connectivity index (χ1v) is 8.01. The van der Waals surface area contributed by atoms with Gasteiger partial charge in [-0.1, -0.05) is 0 Å². The minimum absolute atomic E-state index is 0.0141. The van der Waals surface area contributed by atoms with Crippen molar-refractivity contribution in [3.05, 3.63) is 43.0 Å². The van der Waals surface area contributed by atoms with Gasteiger partial charge in [0.15, 0.2) is 11.5 Å². The Labute approximate surface area is 154 Å². The van der Waals surface area contributed by atoms with Gasteiger partial charge in [0.05, 0.1) is 17.8 Å². The van der Waals surface area contributed by atoms with Gasteiger partial charge in [0.1, 0.15) is 0 Å². The molecule has 1 amide bonds. The molecule has 0 aliphatic carbocycles. The van der Waals surface area contributed by atoms with Crippen LogP contribution in [0.3, 0.4) is 0 Å². The number of benzene rings is 1. The van der Waals surface area contributed by atoms with Crippen LogP contribution in [0, 0.1) is 0 Å². The monoisotopic (exact) mass is 426 g/mol. The Morgan fingerprint density at radius 2 is 2.23 bits per heavy atom. The summed E-state index contributed by atoms with van der Waals surface area (Å²) in [6, 6.07) is 3.15. The molecule has 11 nitrogen and oxygen atoms in total. The highest BCUT2D eigenvalue weighted by molar-refractivity contribution is 9.10. The molecule has 0 bridgehead atoms. The smallest absolute Gasteiger partial charge is 0.342 e. The van der Waals surface area contributed by atoms with Crippen LogP contribution in [-0.2, 0) is 4.79 Å². The normalized spacial score (nSPS) is 10.7. The predicted octanol–water partition coefficient (Wildman–Crippen LogP) is -0.113. The third kappa shape index (κ3) is 5.17. The van der Waals surface area contributed by atoms with E-state index in [0.717, 1.165) is 0 Å². The van der Waals surface area contributed by atoms with Crippen molar-refractivity contribution in [3.63, 3.8) is 0 Å². The molecular formula is C14H15BrN6O5. The molecule has 0 atom stereocenters. The lowest BCUT2D eigenvalue weighted by Gasteiger charge is -2.06. The third-order valence-corrected chi connectivity index (χ3v) is 3.63. The highest BCUT2D eigenvalue weighted by Gasteiger charge is 2.08. The summed E-state index contributed by atoms with van der Waals surface area (Å²) in [6.45, 7) is 0.113. The second kappa shape index (κ2) is 8.80. The number of anilines is 1. The number of nitrogens with one attached hydrogen (secondary N) is 4. The lowest BCUT2D eigenvalue weighted by atomic mass is 10.2. The van der Waals surface area contributed by atoms with Crippen LogP contribution in [-0.4, -0.2) is 46.1 Å². The van der Waals surface area contributed by atoms with Crippen LogP contribution in [0.2, 0.25) is 0 Å². The summed E-state index contributed by atoms with van der Waals surface area (Å²) in [6.07, 6.45) is 1.40.